The molecule has 1 aliphatic rings. The van der Waals surface area contributed by atoms with E-state index in [0.29, 0.717) is 12.8 Å². The zero-order valence-corrected chi connectivity index (χ0v) is 14.1. The Labute approximate surface area is 139 Å². The Balaban J connectivity index is 1.80. The molecule has 126 valence electrons. The van der Waals surface area contributed by atoms with Crippen LogP contribution in [-0.2, 0) is 11.2 Å². The molecule has 0 aromatic heterocycles. The van der Waals surface area contributed by atoms with E-state index in [4.69, 9.17) is 0 Å². The van der Waals surface area contributed by atoms with E-state index in [9.17, 15) is 9.59 Å². The monoisotopic (exact) mass is 316 g/mol. The number of hydrogen-bond acceptors (Lipinski definition) is 3. The first-order valence-electron chi connectivity index (χ1n) is 8.81. The lowest BCUT2D eigenvalue weighted by Gasteiger charge is -2.19. The van der Waals surface area contributed by atoms with Crippen molar-refractivity contribution in [1.82, 2.24) is 10.2 Å². The number of hydrogen-bond donors (Lipinski definition) is 1. The molecule has 4 nitrogen and oxygen atoms in total. The number of nitrogens with zero attached hydrogens (tertiary/aromatic N) is 1. The van der Waals surface area contributed by atoms with E-state index < -0.39 is 0 Å². The minimum absolute atomic E-state index is 0.0633. The van der Waals surface area contributed by atoms with Gasteiger partial charge < -0.3 is 10.2 Å². The quantitative estimate of drug-likeness (QED) is 0.787. The van der Waals surface area contributed by atoms with Crippen LogP contribution in [0.25, 0.3) is 0 Å². The van der Waals surface area contributed by atoms with E-state index in [-0.39, 0.29) is 11.7 Å². The predicted molar refractivity (Wildman–Crippen MR) is 92.7 cm³/mol. The van der Waals surface area contributed by atoms with Crippen molar-refractivity contribution in [3.63, 3.8) is 0 Å². The summed E-state index contributed by atoms with van der Waals surface area (Å²) in [6, 6.07) is 7.86. The van der Waals surface area contributed by atoms with Crippen LogP contribution >= 0.6 is 0 Å². The maximum absolute atomic E-state index is 12.2. The fraction of sp³-hybridized carbons (Fsp3) is 0.579. The number of rotatable bonds is 7. The summed E-state index contributed by atoms with van der Waals surface area (Å²) in [7, 11) is 0. The second-order valence-corrected chi connectivity index (χ2v) is 6.21. The van der Waals surface area contributed by atoms with E-state index in [1.54, 1.807) is 0 Å². The van der Waals surface area contributed by atoms with E-state index in [2.05, 4.69) is 12.2 Å². The van der Waals surface area contributed by atoms with Gasteiger partial charge in [-0.2, -0.15) is 0 Å². The number of Topliss-reactive ketones (excluding diaryl/α,β-unsaturated/α-hetero) is 1. The average Bonchev–Trinajstić information content (AvgIpc) is 2.87. The maximum Gasteiger partial charge on any atom is 0.223 e. The molecule has 23 heavy (non-hydrogen) atoms. The van der Waals surface area contributed by atoms with Crippen molar-refractivity contribution in [3.05, 3.63) is 35.4 Å². The van der Waals surface area contributed by atoms with Crippen molar-refractivity contribution in [2.45, 2.75) is 45.4 Å². The molecule has 1 fully saturated rings. The Morgan fingerprint density at radius 2 is 1.87 bits per heavy atom. The summed E-state index contributed by atoms with van der Waals surface area (Å²) in [5.74, 6) is 0.162. The lowest BCUT2D eigenvalue weighted by atomic mass is 10.0. The number of carbonyl (C=O) groups excluding carboxylic acids is 2. The van der Waals surface area contributed by atoms with Crippen molar-refractivity contribution in [2.75, 3.05) is 26.2 Å². The molecule has 4 heteroatoms. The molecule has 0 atom stereocenters. The number of benzene rings is 1. The Morgan fingerprint density at radius 3 is 2.61 bits per heavy atom. The van der Waals surface area contributed by atoms with Crippen LogP contribution in [0.3, 0.4) is 0 Å². The predicted octanol–water partition coefficient (Wildman–Crippen LogP) is 2.81. The molecule has 0 bridgehead atoms. The van der Waals surface area contributed by atoms with Gasteiger partial charge in [-0.25, -0.2) is 0 Å². The lowest BCUT2D eigenvalue weighted by molar-refractivity contribution is -0.130. The van der Waals surface area contributed by atoms with Gasteiger partial charge in [-0.3, -0.25) is 9.59 Å². The van der Waals surface area contributed by atoms with Crippen molar-refractivity contribution in [1.29, 1.82) is 0 Å². The fourth-order valence-electron chi connectivity index (χ4n) is 2.86. The average molecular weight is 316 g/mol. The van der Waals surface area contributed by atoms with Crippen LogP contribution in [0.5, 0.6) is 0 Å². The summed E-state index contributed by atoms with van der Waals surface area (Å²) in [6.07, 6.45) is 5.01. The topological polar surface area (TPSA) is 49.4 Å². The van der Waals surface area contributed by atoms with Gasteiger partial charge in [0.15, 0.2) is 5.78 Å². The van der Waals surface area contributed by atoms with Crippen molar-refractivity contribution >= 4 is 11.7 Å². The molecule has 1 aliphatic heterocycles. The van der Waals surface area contributed by atoms with Crippen molar-refractivity contribution < 1.29 is 9.59 Å². The zero-order chi connectivity index (χ0) is 16.5. The van der Waals surface area contributed by atoms with Crippen LogP contribution in [-0.4, -0.2) is 42.8 Å². The van der Waals surface area contributed by atoms with E-state index >= 15 is 0 Å². The van der Waals surface area contributed by atoms with Crippen LogP contribution in [0.2, 0.25) is 0 Å². The third kappa shape index (κ3) is 5.79. The Bertz CT molecular complexity index is 503. The van der Waals surface area contributed by atoms with Gasteiger partial charge in [-0.05, 0) is 31.4 Å². The first-order chi connectivity index (χ1) is 11.2. The highest BCUT2D eigenvalue weighted by Gasteiger charge is 2.16. The van der Waals surface area contributed by atoms with E-state index in [1.165, 1.54) is 18.4 Å². The molecule has 1 amide bonds. The molecule has 1 heterocycles. The lowest BCUT2D eigenvalue weighted by Crippen LogP contribution is -2.34. The van der Waals surface area contributed by atoms with Gasteiger partial charge in [0.05, 0.1) is 0 Å². The second-order valence-electron chi connectivity index (χ2n) is 6.21. The number of carbonyl (C=O) groups is 2. The van der Waals surface area contributed by atoms with Gasteiger partial charge in [-0.1, -0.05) is 37.6 Å². The van der Waals surface area contributed by atoms with Gasteiger partial charge in [0, 0.05) is 38.0 Å². The highest BCUT2D eigenvalue weighted by molar-refractivity contribution is 5.97. The summed E-state index contributed by atoms with van der Waals surface area (Å²) in [5.41, 5.74) is 1.99. The van der Waals surface area contributed by atoms with Crippen molar-refractivity contribution in [3.8, 4) is 0 Å². The molecule has 0 unspecified atom stereocenters. The van der Waals surface area contributed by atoms with E-state index in [0.717, 1.165) is 44.6 Å². The summed E-state index contributed by atoms with van der Waals surface area (Å²) < 4.78 is 0. The molecular formula is C19H28N2O2. The number of ketones is 1. The van der Waals surface area contributed by atoms with Crippen LogP contribution in [0, 0.1) is 0 Å². The highest BCUT2D eigenvalue weighted by atomic mass is 16.2. The normalized spacial score (nSPS) is 15.3. The minimum Gasteiger partial charge on any atom is -0.341 e. The number of aryl methyl sites for hydroxylation is 1. The number of nitrogens with one attached hydrogen (secondary N) is 1. The number of amides is 1. The fourth-order valence-corrected chi connectivity index (χ4v) is 2.86. The largest absolute Gasteiger partial charge is 0.341 e. The zero-order valence-electron chi connectivity index (χ0n) is 14.1. The third-order valence-electron chi connectivity index (χ3n) is 4.35. The van der Waals surface area contributed by atoms with Crippen LogP contribution < -0.4 is 5.32 Å². The second kappa shape index (κ2) is 9.46. The molecule has 1 aromatic rings. The van der Waals surface area contributed by atoms with Gasteiger partial charge >= 0.3 is 0 Å². The van der Waals surface area contributed by atoms with Crippen molar-refractivity contribution in [2.24, 2.45) is 0 Å². The van der Waals surface area contributed by atoms with Crippen LogP contribution in [0.1, 0.15) is 54.9 Å². The van der Waals surface area contributed by atoms with Gasteiger partial charge in [0.2, 0.25) is 5.91 Å². The highest BCUT2D eigenvalue weighted by Crippen LogP contribution is 2.11. The Morgan fingerprint density at radius 1 is 1.09 bits per heavy atom. The van der Waals surface area contributed by atoms with Gasteiger partial charge in [0.25, 0.3) is 0 Å². The summed E-state index contributed by atoms with van der Waals surface area (Å²) >= 11 is 0. The molecule has 2 rings (SSSR count). The van der Waals surface area contributed by atoms with E-state index in [1.807, 2.05) is 29.2 Å². The molecule has 0 radical (unpaired) electrons. The number of unbranched alkanes of at least 4 members (excludes halogenated alkanes) is 1. The SMILES string of the molecule is CCCCc1ccc(C(=O)CCC(=O)N2CCCNCC2)cc1. The minimum atomic E-state index is 0.0633. The first kappa shape index (κ1) is 17.7. The summed E-state index contributed by atoms with van der Waals surface area (Å²) in [6.45, 7) is 5.53. The molecule has 1 saturated heterocycles. The summed E-state index contributed by atoms with van der Waals surface area (Å²) in [4.78, 5) is 26.3. The molecule has 1 N–H and O–H groups in total. The van der Waals surface area contributed by atoms with Crippen LogP contribution in [0.15, 0.2) is 24.3 Å². The first-order valence-corrected chi connectivity index (χ1v) is 8.81. The Kier molecular flexibility index (Phi) is 7.27. The molecular weight excluding hydrogens is 288 g/mol. The molecule has 0 saturated carbocycles. The third-order valence-corrected chi connectivity index (χ3v) is 4.35. The molecule has 0 aliphatic carbocycles. The standard InChI is InChI=1S/C19H28N2O2/c1-2-3-5-16-6-8-17(9-7-16)18(22)10-11-19(23)21-14-4-12-20-13-15-21/h6-9,20H,2-5,10-15H2,1H3. The van der Waals surface area contributed by atoms with Crippen LogP contribution in [0.4, 0.5) is 0 Å². The summed E-state index contributed by atoms with van der Waals surface area (Å²) in [5, 5.41) is 3.28. The maximum atomic E-state index is 12.2. The van der Waals surface area contributed by atoms with Gasteiger partial charge in [-0.15, -0.1) is 0 Å². The molecule has 1 aromatic carbocycles. The Hall–Kier alpha value is -1.68. The smallest absolute Gasteiger partial charge is 0.223 e. The molecule has 0 spiro atoms. The van der Waals surface area contributed by atoms with Gasteiger partial charge in [0.1, 0.15) is 0 Å².